The summed E-state index contributed by atoms with van der Waals surface area (Å²) < 4.78 is 7.55. The third-order valence-electron chi connectivity index (χ3n) is 6.01. The number of urea groups is 1. The van der Waals surface area contributed by atoms with E-state index in [9.17, 15) is 9.59 Å². The minimum atomic E-state index is -0.316. The lowest BCUT2D eigenvalue weighted by Crippen LogP contribution is -2.47. The van der Waals surface area contributed by atoms with Crippen LogP contribution in [0.2, 0.25) is 0 Å². The Morgan fingerprint density at radius 2 is 1.77 bits per heavy atom. The van der Waals surface area contributed by atoms with Gasteiger partial charge >= 0.3 is 6.03 Å². The summed E-state index contributed by atoms with van der Waals surface area (Å²) in [5.41, 5.74) is 4.90. The molecule has 1 aromatic heterocycles. The lowest BCUT2D eigenvalue weighted by Gasteiger charge is -2.25. The van der Waals surface area contributed by atoms with Crippen LogP contribution in [0.15, 0.2) is 54.7 Å². The fourth-order valence-electron chi connectivity index (χ4n) is 4.09. The summed E-state index contributed by atoms with van der Waals surface area (Å²) in [4.78, 5) is 32.0. The Labute approximate surface area is 206 Å². The topological polar surface area (TPSA) is 88.5 Å². The Morgan fingerprint density at radius 3 is 2.40 bits per heavy atom. The van der Waals surface area contributed by atoms with Crippen LogP contribution in [0.3, 0.4) is 0 Å². The number of rotatable bonds is 8. The number of imidazole rings is 1. The highest BCUT2D eigenvalue weighted by atomic mass is 16.5. The average molecular weight is 476 g/mol. The van der Waals surface area contributed by atoms with Gasteiger partial charge < -0.3 is 15.0 Å². The van der Waals surface area contributed by atoms with Gasteiger partial charge in [-0.25, -0.2) is 9.78 Å². The Morgan fingerprint density at radius 1 is 1.09 bits per heavy atom. The first-order valence-electron chi connectivity index (χ1n) is 12.1. The molecule has 1 fully saturated rings. The van der Waals surface area contributed by atoms with E-state index in [2.05, 4.69) is 10.6 Å². The van der Waals surface area contributed by atoms with Gasteiger partial charge in [0.25, 0.3) is 0 Å². The van der Waals surface area contributed by atoms with Gasteiger partial charge in [0.1, 0.15) is 6.54 Å². The van der Waals surface area contributed by atoms with Crippen LogP contribution in [0.1, 0.15) is 30.9 Å². The zero-order valence-electron chi connectivity index (χ0n) is 20.6. The minimum Gasteiger partial charge on any atom is -0.376 e. The van der Waals surface area contributed by atoms with E-state index < -0.39 is 0 Å². The van der Waals surface area contributed by atoms with Crippen molar-refractivity contribution in [2.45, 2.75) is 39.7 Å². The van der Waals surface area contributed by atoms with E-state index in [4.69, 9.17) is 9.72 Å². The molecule has 1 aliphatic heterocycles. The van der Waals surface area contributed by atoms with Crippen molar-refractivity contribution in [1.82, 2.24) is 19.8 Å². The van der Waals surface area contributed by atoms with Crippen LogP contribution < -0.4 is 10.6 Å². The molecule has 3 aromatic rings. The number of nitrogens with zero attached hydrogens (tertiary/aromatic N) is 3. The van der Waals surface area contributed by atoms with Crippen molar-refractivity contribution in [3.63, 3.8) is 0 Å². The number of carbonyl (C=O) groups is 2. The standard InChI is InChI=1S/C27H33N5O3/c1-4-28-27(34)31(16-23-6-5-15-35-23)18-25(33)30-26-29-24(21-11-7-19(2)8-12-21)17-32(26)22-13-9-20(3)10-14-22/h7-14,17,23H,4-6,15-16,18H2,1-3H3,(H,28,34)(H,29,30,33). The van der Waals surface area contributed by atoms with E-state index in [-0.39, 0.29) is 24.6 Å². The van der Waals surface area contributed by atoms with E-state index in [1.165, 1.54) is 4.90 Å². The molecule has 8 heteroatoms. The summed E-state index contributed by atoms with van der Waals surface area (Å²) in [6.07, 6.45) is 3.72. The maximum atomic E-state index is 13.1. The molecule has 35 heavy (non-hydrogen) atoms. The van der Waals surface area contributed by atoms with Crippen molar-refractivity contribution in [3.8, 4) is 16.9 Å². The third-order valence-corrected chi connectivity index (χ3v) is 6.01. The first kappa shape index (κ1) is 24.5. The third kappa shape index (κ3) is 6.27. The quantitative estimate of drug-likeness (QED) is 0.508. The number of hydrogen-bond acceptors (Lipinski definition) is 4. The molecule has 1 saturated heterocycles. The minimum absolute atomic E-state index is 0.0481. The molecule has 3 amide bonds. The predicted molar refractivity (Wildman–Crippen MR) is 137 cm³/mol. The van der Waals surface area contributed by atoms with Gasteiger partial charge in [0, 0.05) is 37.1 Å². The molecule has 4 rings (SSSR count). The molecule has 0 saturated carbocycles. The molecular weight excluding hydrogens is 442 g/mol. The second kappa shape index (κ2) is 11.2. The van der Waals surface area contributed by atoms with Crippen LogP contribution in [0.5, 0.6) is 0 Å². The SMILES string of the molecule is CCNC(=O)N(CC(=O)Nc1nc(-c2ccc(C)cc2)cn1-c1ccc(C)cc1)CC1CCCO1. The van der Waals surface area contributed by atoms with Crippen LogP contribution in [0.4, 0.5) is 10.7 Å². The van der Waals surface area contributed by atoms with E-state index in [0.717, 1.165) is 40.9 Å². The van der Waals surface area contributed by atoms with Crippen LogP contribution in [-0.4, -0.2) is 58.7 Å². The number of ether oxygens (including phenoxy) is 1. The van der Waals surface area contributed by atoms with Crippen LogP contribution in [-0.2, 0) is 9.53 Å². The van der Waals surface area contributed by atoms with Gasteiger partial charge in [-0.3, -0.25) is 14.7 Å². The smallest absolute Gasteiger partial charge is 0.317 e. The molecule has 2 heterocycles. The molecule has 8 nitrogen and oxygen atoms in total. The molecule has 0 aliphatic carbocycles. The van der Waals surface area contributed by atoms with Gasteiger partial charge in [0.15, 0.2) is 0 Å². The van der Waals surface area contributed by atoms with E-state index >= 15 is 0 Å². The molecule has 1 aliphatic rings. The molecule has 0 bridgehead atoms. The first-order valence-corrected chi connectivity index (χ1v) is 12.1. The van der Waals surface area contributed by atoms with Crippen molar-refractivity contribution >= 4 is 17.9 Å². The maximum absolute atomic E-state index is 13.1. The van der Waals surface area contributed by atoms with Gasteiger partial charge in [-0.05, 0) is 45.7 Å². The number of anilines is 1. The number of hydrogen-bond donors (Lipinski definition) is 2. The van der Waals surface area contributed by atoms with Crippen LogP contribution >= 0.6 is 0 Å². The Hall–Kier alpha value is -3.65. The van der Waals surface area contributed by atoms with Gasteiger partial charge in [-0.15, -0.1) is 0 Å². The highest BCUT2D eigenvalue weighted by Crippen LogP contribution is 2.25. The second-order valence-electron chi connectivity index (χ2n) is 8.92. The van der Waals surface area contributed by atoms with Gasteiger partial charge in [0.05, 0.1) is 11.8 Å². The lowest BCUT2D eigenvalue weighted by molar-refractivity contribution is -0.117. The summed E-state index contributed by atoms with van der Waals surface area (Å²) in [6.45, 7) is 7.38. The van der Waals surface area contributed by atoms with Crippen molar-refractivity contribution in [2.75, 3.05) is 31.6 Å². The average Bonchev–Trinajstić information content (AvgIpc) is 3.50. The molecule has 1 atom stereocenters. The fraction of sp³-hybridized carbons (Fsp3) is 0.370. The van der Waals surface area contributed by atoms with Crippen molar-refractivity contribution < 1.29 is 14.3 Å². The number of aromatic nitrogens is 2. The zero-order chi connectivity index (χ0) is 24.8. The maximum Gasteiger partial charge on any atom is 0.317 e. The van der Waals surface area contributed by atoms with Gasteiger partial charge in [-0.1, -0.05) is 47.5 Å². The van der Waals surface area contributed by atoms with Crippen molar-refractivity contribution in [2.24, 2.45) is 0 Å². The highest BCUT2D eigenvalue weighted by Gasteiger charge is 2.25. The second-order valence-corrected chi connectivity index (χ2v) is 8.92. The van der Waals surface area contributed by atoms with E-state index in [1.807, 2.05) is 80.1 Å². The molecule has 2 aromatic carbocycles. The fourth-order valence-corrected chi connectivity index (χ4v) is 4.09. The monoisotopic (exact) mass is 475 g/mol. The summed E-state index contributed by atoms with van der Waals surface area (Å²) in [5, 5.41) is 5.72. The van der Waals surface area contributed by atoms with Crippen molar-refractivity contribution in [1.29, 1.82) is 0 Å². The lowest BCUT2D eigenvalue weighted by atomic mass is 10.1. The summed E-state index contributed by atoms with van der Waals surface area (Å²) >= 11 is 0. The molecule has 2 N–H and O–H groups in total. The van der Waals surface area contributed by atoms with Crippen LogP contribution in [0, 0.1) is 13.8 Å². The molecule has 184 valence electrons. The summed E-state index contributed by atoms with van der Waals surface area (Å²) in [7, 11) is 0. The number of benzene rings is 2. The Kier molecular flexibility index (Phi) is 7.82. The molecule has 0 spiro atoms. The number of carbonyl (C=O) groups excluding carboxylic acids is 2. The largest absolute Gasteiger partial charge is 0.376 e. The van der Waals surface area contributed by atoms with Crippen LogP contribution in [0.25, 0.3) is 16.9 Å². The van der Waals surface area contributed by atoms with Gasteiger partial charge in [0.2, 0.25) is 11.9 Å². The Balaban J connectivity index is 1.57. The molecule has 1 unspecified atom stereocenters. The highest BCUT2D eigenvalue weighted by molar-refractivity contribution is 5.93. The molecular formula is C27H33N5O3. The first-order chi connectivity index (χ1) is 16.9. The normalized spacial score (nSPS) is 15.1. The molecule has 0 radical (unpaired) electrons. The summed E-state index contributed by atoms with van der Waals surface area (Å²) in [5.74, 6) is 0.0889. The number of nitrogens with one attached hydrogen (secondary N) is 2. The van der Waals surface area contributed by atoms with Crippen molar-refractivity contribution in [3.05, 3.63) is 65.9 Å². The number of amides is 3. The predicted octanol–water partition coefficient (Wildman–Crippen LogP) is 4.31. The van der Waals surface area contributed by atoms with E-state index in [0.29, 0.717) is 25.6 Å². The zero-order valence-corrected chi connectivity index (χ0v) is 20.6. The van der Waals surface area contributed by atoms with Gasteiger partial charge in [-0.2, -0.15) is 0 Å². The Bertz CT molecular complexity index is 1150. The van der Waals surface area contributed by atoms with E-state index in [1.54, 1.807) is 0 Å². The summed E-state index contributed by atoms with van der Waals surface area (Å²) in [6, 6.07) is 15.8. The number of aryl methyl sites for hydroxylation is 2.